The first-order chi connectivity index (χ1) is 12.1. The Morgan fingerprint density at radius 3 is 2.88 bits per heavy atom. The maximum absolute atomic E-state index is 12.3. The van der Waals surface area contributed by atoms with Crippen molar-refractivity contribution >= 4 is 17.5 Å². The molecule has 3 aromatic rings. The number of carbonyl (C=O) groups excluding carboxylic acids is 1. The van der Waals surface area contributed by atoms with E-state index in [1.165, 1.54) is 0 Å². The van der Waals surface area contributed by atoms with E-state index in [4.69, 9.17) is 11.6 Å². The molecule has 25 heavy (non-hydrogen) atoms. The Morgan fingerprint density at radius 1 is 1.28 bits per heavy atom. The summed E-state index contributed by atoms with van der Waals surface area (Å²) in [7, 11) is 0. The summed E-state index contributed by atoms with van der Waals surface area (Å²) in [6, 6.07) is 9.47. The van der Waals surface area contributed by atoms with E-state index >= 15 is 0 Å². The molecule has 130 valence electrons. The van der Waals surface area contributed by atoms with Gasteiger partial charge < -0.3 is 5.32 Å². The lowest BCUT2D eigenvalue weighted by molar-refractivity contribution is 0.0952. The van der Waals surface area contributed by atoms with Gasteiger partial charge in [0.25, 0.3) is 5.91 Å². The molecule has 0 atom stereocenters. The van der Waals surface area contributed by atoms with E-state index in [-0.39, 0.29) is 5.91 Å². The van der Waals surface area contributed by atoms with Crippen molar-refractivity contribution in [3.05, 3.63) is 70.8 Å². The fourth-order valence-corrected chi connectivity index (χ4v) is 2.70. The van der Waals surface area contributed by atoms with Gasteiger partial charge in [-0.1, -0.05) is 23.7 Å². The summed E-state index contributed by atoms with van der Waals surface area (Å²) in [4.78, 5) is 12.3. The molecule has 2 aromatic heterocycles. The number of carbonyl (C=O) groups is 1. The van der Waals surface area contributed by atoms with Gasteiger partial charge in [0.15, 0.2) is 0 Å². The first kappa shape index (κ1) is 17.2. The maximum Gasteiger partial charge on any atom is 0.251 e. The Morgan fingerprint density at radius 2 is 2.16 bits per heavy atom. The molecule has 0 saturated heterocycles. The van der Waals surface area contributed by atoms with Crippen LogP contribution in [0.5, 0.6) is 0 Å². The van der Waals surface area contributed by atoms with Gasteiger partial charge in [0, 0.05) is 37.2 Å². The molecule has 0 radical (unpaired) electrons. The predicted octanol–water partition coefficient (Wildman–Crippen LogP) is 2.91. The second kappa shape index (κ2) is 7.98. The van der Waals surface area contributed by atoms with Gasteiger partial charge in [-0.3, -0.25) is 14.2 Å². The molecule has 0 spiro atoms. The molecule has 6 nitrogen and oxygen atoms in total. The van der Waals surface area contributed by atoms with E-state index in [9.17, 15) is 4.79 Å². The summed E-state index contributed by atoms with van der Waals surface area (Å²) in [5.74, 6) is -0.0722. The van der Waals surface area contributed by atoms with Gasteiger partial charge in [-0.15, -0.1) is 0 Å². The summed E-state index contributed by atoms with van der Waals surface area (Å²) in [6.07, 6.45) is 6.23. The predicted molar refractivity (Wildman–Crippen MR) is 96.7 cm³/mol. The van der Waals surface area contributed by atoms with Crippen LogP contribution < -0.4 is 5.32 Å². The summed E-state index contributed by atoms with van der Waals surface area (Å²) in [5.41, 5.74) is 2.51. The van der Waals surface area contributed by atoms with Gasteiger partial charge >= 0.3 is 0 Å². The normalized spacial score (nSPS) is 10.8. The largest absolute Gasteiger partial charge is 0.352 e. The minimum absolute atomic E-state index is 0.0722. The lowest BCUT2D eigenvalue weighted by atomic mass is 10.1. The number of amides is 1. The van der Waals surface area contributed by atoms with E-state index in [1.807, 2.05) is 48.1 Å². The highest BCUT2D eigenvalue weighted by Gasteiger charge is 2.07. The Bertz CT molecular complexity index is 822. The van der Waals surface area contributed by atoms with Crippen LogP contribution in [0, 0.1) is 6.92 Å². The van der Waals surface area contributed by atoms with Gasteiger partial charge in [-0.25, -0.2) is 0 Å². The van der Waals surface area contributed by atoms with Gasteiger partial charge in [0.2, 0.25) is 0 Å². The Kier molecular flexibility index (Phi) is 5.50. The smallest absolute Gasteiger partial charge is 0.251 e. The molecule has 2 heterocycles. The number of hydrogen-bond acceptors (Lipinski definition) is 3. The Balaban J connectivity index is 1.49. The highest BCUT2D eigenvalue weighted by atomic mass is 35.5. The van der Waals surface area contributed by atoms with Crippen molar-refractivity contribution in [2.75, 3.05) is 6.54 Å². The minimum Gasteiger partial charge on any atom is -0.352 e. The molecule has 1 amide bonds. The summed E-state index contributed by atoms with van der Waals surface area (Å²) >= 11 is 5.98. The molecule has 1 aromatic carbocycles. The third-order valence-corrected chi connectivity index (χ3v) is 4.20. The standard InChI is InChI=1S/C18H20ClN5O/c1-14-17(19)13-24(22-14)10-3-7-20-18(25)16-6-2-5-15(11-16)12-23-9-4-8-21-23/h2,4-6,8-9,11,13H,3,7,10,12H2,1H3,(H,20,25). The minimum atomic E-state index is -0.0722. The second-order valence-corrected chi connectivity index (χ2v) is 6.25. The van der Waals surface area contributed by atoms with Crippen molar-refractivity contribution in [1.29, 1.82) is 0 Å². The van der Waals surface area contributed by atoms with Crippen LogP contribution in [0.15, 0.2) is 48.9 Å². The lowest BCUT2D eigenvalue weighted by Crippen LogP contribution is -2.25. The first-order valence-corrected chi connectivity index (χ1v) is 8.54. The highest BCUT2D eigenvalue weighted by molar-refractivity contribution is 6.31. The molecule has 0 unspecified atom stereocenters. The molecule has 0 fully saturated rings. The zero-order valence-electron chi connectivity index (χ0n) is 14.0. The number of nitrogens with one attached hydrogen (secondary N) is 1. The first-order valence-electron chi connectivity index (χ1n) is 8.16. The number of hydrogen-bond donors (Lipinski definition) is 1. The van der Waals surface area contributed by atoms with Crippen LogP contribution in [-0.4, -0.2) is 32.0 Å². The molecule has 7 heteroatoms. The van der Waals surface area contributed by atoms with E-state index in [1.54, 1.807) is 17.1 Å². The van der Waals surface area contributed by atoms with Crippen molar-refractivity contribution in [3.8, 4) is 0 Å². The number of rotatable bonds is 7. The van der Waals surface area contributed by atoms with Crippen molar-refractivity contribution in [2.24, 2.45) is 0 Å². The van der Waals surface area contributed by atoms with Crippen molar-refractivity contribution in [2.45, 2.75) is 26.4 Å². The summed E-state index contributed by atoms with van der Waals surface area (Å²) in [5, 5.41) is 12.1. The van der Waals surface area contributed by atoms with Gasteiger partial charge in [-0.2, -0.15) is 10.2 Å². The molecule has 0 saturated carbocycles. The third-order valence-electron chi connectivity index (χ3n) is 3.83. The lowest BCUT2D eigenvalue weighted by Gasteiger charge is -2.08. The van der Waals surface area contributed by atoms with E-state index in [0.29, 0.717) is 30.2 Å². The average molecular weight is 358 g/mol. The molecular weight excluding hydrogens is 338 g/mol. The molecule has 0 aliphatic carbocycles. The van der Waals surface area contributed by atoms with Crippen LogP contribution in [0.25, 0.3) is 0 Å². The third kappa shape index (κ3) is 4.70. The van der Waals surface area contributed by atoms with Gasteiger partial charge in [-0.05, 0) is 37.1 Å². The quantitative estimate of drug-likeness (QED) is 0.661. The zero-order valence-corrected chi connectivity index (χ0v) is 14.8. The second-order valence-electron chi connectivity index (χ2n) is 5.84. The SMILES string of the molecule is Cc1nn(CCCNC(=O)c2cccc(Cn3cccn3)c2)cc1Cl. The molecule has 1 N–H and O–H groups in total. The summed E-state index contributed by atoms with van der Waals surface area (Å²) < 4.78 is 3.63. The molecule has 3 rings (SSSR count). The van der Waals surface area contributed by atoms with Crippen LogP contribution in [-0.2, 0) is 13.1 Å². The van der Waals surface area contributed by atoms with Crippen LogP contribution in [0.4, 0.5) is 0 Å². The zero-order chi connectivity index (χ0) is 17.6. The van der Waals surface area contributed by atoms with Crippen LogP contribution in [0.1, 0.15) is 28.0 Å². The van der Waals surface area contributed by atoms with Gasteiger partial charge in [0.1, 0.15) is 0 Å². The fourth-order valence-electron chi connectivity index (χ4n) is 2.55. The van der Waals surface area contributed by atoms with Gasteiger partial charge in [0.05, 0.1) is 17.3 Å². The number of nitrogens with zero attached hydrogens (tertiary/aromatic N) is 4. The Labute approximate surface area is 151 Å². The van der Waals surface area contributed by atoms with Crippen molar-refractivity contribution in [1.82, 2.24) is 24.9 Å². The van der Waals surface area contributed by atoms with E-state index < -0.39 is 0 Å². The van der Waals surface area contributed by atoms with E-state index in [2.05, 4.69) is 15.5 Å². The Hall–Kier alpha value is -2.60. The topological polar surface area (TPSA) is 64.7 Å². The number of halogens is 1. The van der Waals surface area contributed by atoms with Crippen LogP contribution in [0.2, 0.25) is 5.02 Å². The molecule has 0 aliphatic heterocycles. The molecule has 0 aliphatic rings. The maximum atomic E-state index is 12.3. The summed E-state index contributed by atoms with van der Waals surface area (Å²) in [6.45, 7) is 3.82. The van der Waals surface area contributed by atoms with Crippen molar-refractivity contribution in [3.63, 3.8) is 0 Å². The van der Waals surface area contributed by atoms with Crippen molar-refractivity contribution < 1.29 is 4.79 Å². The highest BCUT2D eigenvalue weighted by Crippen LogP contribution is 2.12. The molecule has 0 bridgehead atoms. The number of aryl methyl sites for hydroxylation is 2. The molecular formula is C18H20ClN5O. The fraction of sp³-hybridized carbons (Fsp3) is 0.278. The van der Waals surface area contributed by atoms with Crippen LogP contribution >= 0.6 is 11.6 Å². The number of benzene rings is 1. The monoisotopic (exact) mass is 357 g/mol. The average Bonchev–Trinajstić information content (AvgIpc) is 3.22. The van der Waals surface area contributed by atoms with E-state index in [0.717, 1.165) is 17.7 Å². The number of aromatic nitrogens is 4. The van der Waals surface area contributed by atoms with Crippen LogP contribution in [0.3, 0.4) is 0 Å².